The second-order valence-electron chi connectivity index (χ2n) is 7.70. The number of amides is 1. The molecule has 2 aromatic rings. The second-order valence-corrected chi connectivity index (χ2v) is 7.70. The lowest BCUT2D eigenvalue weighted by molar-refractivity contribution is -0.140. The van der Waals surface area contributed by atoms with Crippen LogP contribution in [0.15, 0.2) is 29.8 Å². The van der Waals surface area contributed by atoms with Crippen molar-refractivity contribution in [1.82, 2.24) is 20.0 Å². The number of carbonyl (C=O) groups excluding carboxylic acids is 2. The SMILES string of the molecule is COc1ccccc1[C@H]1/C(=C(\O)c2c(C)n[nH]c2C)C(=O)C(=O)N1CCCN(C)C. The molecule has 0 saturated carbocycles. The Morgan fingerprint density at radius 3 is 2.57 bits per heavy atom. The molecule has 1 amide bonds. The van der Waals surface area contributed by atoms with Crippen LogP contribution < -0.4 is 4.74 Å². The summed E-state index contributed by atoms with van der Waals surface area (Å²) in [5.41, 5.74) is 2.35. The van der Waals surface area contributed by atoms with Gasteiger partial charge < -0.3 is 19.6 Å². The van der Waals surface area contributed by atoms with Crippen molar-refractivity contribution < 1.29 is 19.4 Å². The summed E-state index contributed by atoms with van der Waals surface area (Å²) in [5.74, 6) is -0.991. The number of hydrogen-bond donors (Lipinski definition) is 2. The number of rotatable bonds is 7. The van der Waals surface area contributed by atoms with Gasteiger partial charge in [0.15, 0.2) is 0 Å². The number of carbonyl (C=O) groups is 2. The molecule has 1 aromatic carbocycles. The number of aliphatic hydroxyl groups is 1. The minimum atomic E-state index is -0.739. The summed E-state index contributed by atoms with van der Waals surface area (Å²) in [6.45, 7) is 4.65. The zero-order valence-electron chi connectivity index (χ0n) is 18.0. The van der Waals surface area contributed by atoms with Gasteiger partial charge in [-0.2, -0.15) is 5.10 Å². The van der Waals surface area contributed by atoms with Crippen LogP contribution in [0.2, 0.25) is 0 Å². The first-order valence-corrected chi connectivity index (χ1v) is 9.85. The first-order valence-electron chi connectivity index (χ1n) is 9.85. The van der Waals surface area contributed by atoms with E-state index >= 15 is 0 Å². The molecule has 0 spiro atoms. The average Bonchev–Trinajstić information content (AvgIpc) is 3.18. The van der Waals surface area contributed by atoms with Crippen molar-refractivity contribution in [1.29, 1.82) is 0 Å². The van der Waals surface area contributed by atoms with Crippen molar-refractivity contribution in [2.24, 2.45) is 0 Å². The van der Waals surface area contributed by atoms with Crippen LogP contribution in [-0.2, 0) is 9.59 Å². The molecule has 0 aliphatic carbocycles. The number of ether oxygens (including phenoxy) is 1. The van der Waals surface area contributed by atoms with Crippen molar-refractivity contribution in [2.75, 3.05) is 34.3 Å². The van der Waals surface area contributed by atoms with Gasteiger partial charge in [0.2, 0.25) is 0 Å². The Hall–Kier alpha value is -3.13. The lowest BCUT2D eigenvalue weighted by Gasteiger charge is -2.27. The highest BCUT2D eigenvalue weighted by Crippen LogP contribution is 2.43. The molecular formula is C22H28N4O4. The summed E-state index contributed by atoms with van der Waals surface area (Å²) in [6.07, 6.45) is 0.690. The molecule has 0 unspecified atom stereocenters. The van der Waals surface area contributed by atoms with Gasteiger partial charge in [-0.15, -0.1) is 0 Å². The van der Waals surface area contributed by atoms with E-state index in [4.69, 9.17) is 4.74 Å². The van der Waals surface area contributed by atoms with Gasteiger partial charge in [0.1, 0.15) is 11.5 Å². The average molecular weight is 412 g/mol. The molecule has 30 heavy (non-hydrogen) atoms. The molecule has 1 fully saturated rings. The fourth-order valence-electron chi connectivity index (χ4n) is 3.92. The highest BCUT2D eigenvalue weighted by atomic mass is 16.5. The first-order chi connectivity index (χ1) is 14.3. The molecule has 1 aliphatic heterocycles. The summed E-state index contributed by atoms with van der Waals surface area (Å²) >= 11 is 0. The largest absolute Gasteiger partial charge is 0.507 e. The number of aryl methyl sites for hydroxylation is 2. The van der Waals surface area contributed by atoms with Crippen LogP contribution in [0, 0.1) is 13.8 Å². The number of aromatic amines is 1. The van der Waals surface area contributed by atoms with Crippen LogP contribution in [0.25, 0.3) is 5.76 Å². The van der Waals surface area contributed by atoms with Gasteiger partial charge in [-0.25, -0.2) is 0 Å². The number of methoxy groups -OCH3 is 1. The van der Waals surface area contributed by atoms with Crippen LogP contribution in [0.3, 0.4) is 0 Å². The Labute approximate surface area is 176 Å². The van der Waals surface area contributed by atoms with E-state index in [1.165, 1.54) is 4.90 Å². The Morgan fingerprint density at radius 1 is 1.27 bits per heavy atom. The fourth-order valence-corrected chi connectivity index (χ4v) is 3.92. The number of hydrogen-bond acceptors (Lipinski definition) is 6. The van der Waals surface area contributed by atoms with E-state index in [1.807, 2.05) is 37.2 Å². The van der Waals surface area contributed by atoms with Gasteiger partial charge in [-0.3, -0.25) is 14.7 Å². The predicted octanol–water partition coefficient (Wildman–Crippen LogP) is 2.41. The van der Waals surface area contributed by atoms with Crippen molar-refractivity contribution >= 4 is 17.4 Å². The molecular weight excluding hydrogens is 384 g/mol. The highest BCUT2D eigenvalue weighted by molar-refractivity contribution is 6.46. The molecule has 0 radical (unpaired) electrons. The molecule has 160 valence electrons. The molecule has 2 heterocycles. The number of benzene rings is 1. The van der Waals surface area contributed by atoms with Crippen LogP contribution in [0.4, 0.5) is 0 Å². The van der Waals surface area contributed by atoms with E-state index in [2.05, 4.69) is 10.2 Å². The maximum absolute atomic E-state index is 13.1. The molecule has 1 atom stereocenters. The third-order valence-corrected chi connectivity index (χ3v) is 5.34. The third-order valence-electron chi connectivity index (χ3n) is 5.34. The number of para-hydroxylation sites is 1. The lowest BCUT2D eigenvalue weighted by Crippen LogP contribution is -2.32. The van der Waals surface area contributed by atoms with Gasteiger partial charge in [-0.1, -0.05) is 18.2 Å². The summed E-state index contributed by atoms with van der Waals surface area (Å²) < 4.78 is 5.51. The van der Waals surface area contributed by atoms with Crippen LogP contribution in [0.5, 0.6) is 5.75 Å². The molecule has 1 saturated heterocycles. The Bertz CT molecular complexity index is 973. The molecule has 1 aliphatic rings. The maximum atomic E-state index is 13.1. The normalized spacial score (nSPS) is 18.5. The van der Waals surface area contributed by atoms with E-state index in [9.17, 15) is 14.7 Å². The number of aromatic nitrogens is 2. The number of nitrogens with one attached hydrogen (secondary N) is 1. The van der Waals surface area contributed by atoms with Crippen molar-refractivity contribution in [3.05, 3.63) is 52.4 Å². The van der Waals surface area contributed by atoms with Crippen molar-refractivity contribution in [2.45, 2.75) is 26.3 Å². The molecule has 2 N–H and O–H groups in total. The molecule has 8 heteroatoms. The Kier molecular flexibility index (Phi) is 6.26. The van der Waals surface area contributed by atoms with E-state index in [0.29, 0.717) is 41.2 Å². The van der Waals surface area contributed by atoms with Crippen molar-refractivity contribution in [3.63, 3.8) is 0 Å². The number of nitrogens with zero attached hydrogens (tertiary/aromatic N) is 3. The summed E-state index contributed by atoms with van der Waals surface area (Å²) in [7, 11) is 5.45. The van der Waals surface area contributed by atoms with Crippen LogP contribution >= 0.6 is 0 Å². The summed E-state index contributed by atoms with van der Waals surface area (Å²) in [5, 5.41) is 18.1. The van der Waals surface area contributed by atoms with Gasteiger partial charge >= 0.3 is 0 Å². The quantitative estimate of drug-likeness (QED) is 0.412. The van der Waals surface area contributed by atoms with Gasteiger partial charge in [-0.05, 0) is 47.0 Å². The summed E-state index contributed by atoms with van der Waals surface area (Å²) in [4.78, 5) is 29.6. The zero-order chi connectivity index (χ0) is 22.0. The minimum Gasteiger partial charge on any atom is -0.507 e. The molecule has 8 nitrogen and oxygen atoms in total. The topological polar surface area (TPSA) is 98.8 Å². The Morgan fingerprint density at radius 2 is 1.97 bits per heavy atom. The highest BCUT2D eigenvalue weighted by Gasteiger charge is 2.47. The second kappa shape index (κ2) is 8.71. The van der Waals surface area contributed by atoms with Gasteiger partial charge in [0.25, 0.3) is 11.7 Å². The molecule has 1 aromatic heterocycles. The zero-order valence-corrected chi connectivity index (χ0v) is 18.0. The van der Waals surface area contributed by atoms with Crippen molar-refractivity contribution in [3.8, 4) is 5.75 Å². The van der Waals surface area contributed by atoms with E-state index in [-0.39, 0.29) is 11.3 Å². The monoisotopic (exact) mass is 412 g/mol. The maximum Gasteiger partial charge on any atom is 0.295 e. The predicted molar refractivity (Wildman–Crippen MR) is 113 cm³/mol. The third kappa shape index (κ3) is 3.82. The van der Waals surface area contributed by atoms with Crippen LogP contribution in [0.1, 0.15) is 35.0 Å². The van der Waals surface area contributed by atoms with Gasteiger partial charge in [0.05, 0.1) is 30.0 Å². The summed E-state index contributed by atoms with van der Waals surface area (Å²) in [6, 6.07) is 6.51. The molecule has 0 bridgehead atoms. The number of Topliss-reactive ketones (excluding diaryl/α,β-unsaturated/α-hetero) is 1. The van der Waals surface area contributed by atoms with E-state index in [0.717, 1.165) is 6.54 Å². The number of aliphatic hydroxyl groups excluding tert-OH is 1. The number of likely N-dealkylation sites (tertiary alicyclic amines) is 1. The smallest absolute Gasteiger partial charge is 0.295 e. The van der Waals surface area contributed by atoms with E-state index < -0.39 is 17.7 Å². The lowest BCUT2D eigenvalue weighted by atomic mass is 9.94. The Balaban J connectivity index is 2.17. The fraction of sp³-hybridized carbons (Fsp3) is 0.409. The van der Waals surface area contributed by atoms with Crippen LogP contribution in [-0.4, -0.2) is 71.1 Å². The number of ketones is 1. The molecule has 3 rings (SSSR count). The first kappa shape index (κ1) is 21.6. The number of H-pyrrole nitrogens is 1. The minimum absolute atomic E-state index is 0.0574. The van der Waals surface area contributed by atoms with E-state index in [1.54, 1.807) is 27.0 Å². The standard InChI is InChI=1S/C22H28N4O4/c1-13-17(14(2)24-23-13)20(27)18-19(15-9-6-7-10-16(15)30-5)26(22(29)21(18)28)12-8-11-25(3)4/h6-7,9-10,19,27H,8,11-12H2,1-5H3,(H,23,24)/b20-18+/t19-/m0/s1. The van der Waals surface area contributed by atoms with Gasteiger partial charge in [0, 0.05) is 17.8 Å².